The van der Waals surface area contributed by atoms with Crippen LogP contribution in [0, 0.1) is 5.82 Å². The Bertz CT molecular complexity index is 675. The van der Waals surface area contributed by atoms with Crippen molar-refractivity contribution in [2.75, 3.05) is 0 Å². The number of carbonyl (C=O) groups excluding carboxylic acids is 3. The molecule has 0 aromatic heterocycles. The molecule has 3 amide bonds. The number of nitrogens with zero attached hydrogens (tertiary/aromatic N) is 1. The Morgan fingerprint density at radius 1 is 1.30 bits per heavy atom. The molecule has 0 saturated carbocycles. The summed E-state index contributed by atoms with van der Waals surface area (Å²) in [4.78, 5) is 38.1. The number of hydrogen-bond donors (Lipinski definition) is 1. The number of halogens is 1. The van der Waals surface area contributed by atoms with Gasteiger partial charge in [-0.3, -0.25) is 4.79 Å². The highest BCUT2D eigenvalue weighted by Gasteiger charge is 2.56. The number of imide groups is 1. The predicted octanol–water partition coefficient (Wildman–Crippen LogP) is 1.69. The summed E-state index contributed by atoms with van der Waals surface area (Å²) in [7, 11) is 0. The van der Waals surface area contributed by atoms with Gasteiger partial charge in [0.15, 0.2) is 0 Å². The van der Waals surface area contributed by atoms with E-state index in [2.05, 4.69) is 5.32 Å². The molecule has 1 aromatic rings. The SMILES string of the molecule is CC[C@]1(c2ccc(F)cc2)NC(=O)N([C@H]2C[C@H](C)OC2=O)C1=O. The zero-order valence-electron chi connectivity index (χ0n) is 12.8. The third kappa shape index (κ3) is 2.27. The highest BCUT2D eigenvalue weighted by Crippen LogP contribution is 2.35. The lowest BCUT2D eigenvalue weighted by Crippen LogP contribution is -2.46. The molecule has 0 spiro atoms. The van der Waals surface area contributed by atoms with E-state index in [0.717, 1.165) is 4.90 Å². The van der Waals surface area contributed by atoms with Gasteiger partial charge in [-0.1, -0.05) is 19.1 Å². The Balaban J connectivity index is 1.98. The molecule has 2 aliphatic heterocycles. The van der Waals surface area contributed by atoms with E-state index in [4.69, 9.17) is 4.74 Å². The zero-order valence-corrected chi connectivity index (χ0v) is 12.8. The first kappa shape index (κ1) is 15.5. The molecule has 0 bridgehead atoms. The van der Waals surface area contributed by atoms with Crippen LogP contribution < -0.4 is 5.32 Å². The highest BCUT2D eigenvalue weighted by atomic mass is 19.1. The first-order valence-corrected chi connectivity index (χ1v) is 7.51. The minimum absolute atomic E-state index is 0.279. The van der Waals surface area contributed by atoms with Gasteiger partial charge in [-0.15, -0.1) is 0 Å². The number of amides is 3. The maximum absolute atomic E-state index is 13.1. The van der Waals surface area contributed by atoms with Gasteiger partial charge < -0.3 is 10.1 Å². The fourth-order valence-electron chi connectivity index (χ4n) is 3.20. The number of ether oxygens (including phenoxy) is 1. The van der Waals surface area contributed by atoms with E-state index in [1.807, 2.05) is 0 Å². The molecule has 1 aromatic carbocycles. The average Bonchev–Trinajstić information content (AvgIpc) is 2.96. The summed E-state index contributed by atoms with van der Waals surface area (Å²) in [5.41, 5.74) is -0.793. The molecule has 2 fully saturated rings. The van der Waals surface area contributed by atoms with Crippen molar-refractivity contribution < 1.29 is 23.5 Å². The number of rotatable bonds is 3. The number of esters is 1. The fourth-order valence-corrected chi connectivity index (χ4v) is 3.20. The number of cyclic esters (lactones) is 1. The Kier molecular flexibility index (Phi) is 3.58. The molecule has 1 N–H and O–H groups in total. The minimum atomic E-state index is -1.28. The van der Waals surface area contributed by atoms with Crippen molar-refractivity contribution in [1.82, 2.24) is 10.2 Å². The summed E-state index contributed by atoms with van der Waals surface area (Å²) in [6, 6.07) is 3.87. The summed E-state index contributed by atoms with van der Waals surface area (Å²) >= 11 is 0. The van der Waals surface area contributed by atoms with Gasteiger partial charge in [0, 0.05) is 6.42 Å². The van der Waals surface area contributed by atoms with Gasteiger partial charge in [-0.25, -0.2) is 18.9 Å². The quantitative estimate of drug-likeness (QED) is 0.679. The second-order valence-corrected chi connectivity index (χ2v) is 5.87. The van der Waals surface area contributed by atoms with E-state index in [9.17, 15) is 18.8 Å². The lowest BCUT2D eigenvalue weighted by molar-refractivity contribution is -0.148. The number of nitrogens with one attached hydrogen (secondary N) is 1. The maximum Gasteiger partial charge on any atom is 0.329 e. The third-order valence-corrected chi connectivity index (χ3v) is 4.45. The minimum Gasteiger partial charge on any atom is -0.461 e. The van der Waals surface area contributed by atoms with Crippen LogP contribution in [0.15, 0.2) is 24.3 Å². The first-order chi connectivity index (χ1) is 10.9. The monoisotopic (exact) mass is 320 g/mol. The fraction of sp³-hybridized carbons (Fsp3) is 0.438. The van der Waals surface area contributed by atoms with E-state index < -0.39 is 35.3 Å². The summed E-state index contributed by atoms with van der Waals surface area (Å²) < 4.78 is 18.2. The molecule has 2 saturated heterocycles. The standard InChI is InChI=1S/C16H17FN2O4/c1-3-16(10-4-6-11(17)7-5-10)14(21)19(15(22)18-16)12-8-9(2)23-13(12)20/h4-7,9,12H,3,8H2,1-2H3,(H,18,22)/t9-,12-,16+/m0/s1. The number of carbonyl (C=O) groups is 3. The van der Waals surface area contributed by atoms with Crippen molar-refractivity contribution in [3.05, 3.63) is 35.6 Å². The van der Waals surface area contributed by atoms with Gasteiger partial charge in [-0.05, 0) is 31.0 Å². The number of urea groups is 1. The molecule has 3 rings (SSSR count). The maximum atomic E-state index is 13.1. The summed E-state index contributed by atoms with van der Waals surface area (Å²) in [5.74, 6) is -1.51. The van der Waals surface area contributed by atoms with Crippen LogP contribution >= 0.6 is 0 Å². The lowest BCUT2D eigenvalue weighted by Gasteiger charge is -2.26. The van der Waals surface area contributed by atoms with Gasteiger partial charge in [0.05, 0.1) is 0 Å². The molecule has 0 aliphatic carbocycles. The average molecular weight is 320 g/mol. The van der Waals surface area contributed by atoms with E-state index in [-0.39, 0.29) is 18.9 Å². The number of hydrogen-bond acceptors (Lipinski definition) is 4. The third-order valence-electron chi connectivity index (χ3n) is 4.45. The molecule has 2 aliphatic rings. The Morgan fingerprint density at radius 2 is 1.96 bits per heavy atom. The van der Waals surface area contributed by atoms with Gasteiger partial charge in [0.1, 0.15) is 23.5 Å². The largest absolute Gasteiger partial charge is 0.461 e. The van der Waals surface area contributed by atoms with E-state index in [0.29, 0.717) is 5.56 Å². The van der Waals surface area contributed by atoms with Crippen molar-refractivity contribution in [2.45, 2.75) is 44.4 Å². The molecule has 6 nitrogen and oxygen atoms in total. The van der Waals surface area contributed by atoms with Gasteiger partial charge in [0.2, 0.25) is 0 Å². The van der Waals surface area contributed by atoms with Crippen molar-refractivity contribution in [2.24, 2.45) is 0 Å². The normalized spacial score (nSPS) is 30.6. The van der Waals surface area contributed by atoms with Crippen LogP contribution in [0.3, 0.4) is 0 Å². The predicted molar refractivity (Wildman–Crippen MR) is 77.7 cm³/mol. The first-order valence-electron chi connectivity index (χ1n) is 7.51. The van der Waals surface area contributed by atoms with Crippen LogP contribution in [-0.4, -0.2) is 35.0 Å². The summed E-state index contributed by atoms with van der Waals surface area (Å²) in [6.45, 7) is 3.46. The Hall–Kier alpha value is -2.44. The molecule has 122 valence electrons. The second kappa shape index (κ2) is 5.33. The zero-order chi connectivity index (χ0) is 16.8. The summed E-state index contributed by atoms with van der Waals surface area (Å²) in [6.07, 6.45) is 0.230. The Morgan fingerprint density at radius 3 is 2.48 bits per heavy atom. The van der Waals surface area contributed by atoms with Crippen LogP contribution in [0.25, 0.3) is 0 Å². The lowest BCUT2D eigenvalue weighted by atomic mass is 9.87. The van der Waals surface area contributed by atoms with E-state index in [1.54, 1.807) is 13.8 Å². The highest BCUT2D eigenvalue weighted by molar-refractivity contribution is 6.10. The topological polar surface area (TPSA) is 75.7 Å². The van der Waals surface area contributed by atoms with Crippen LogP contribution in [0.4, 0.5) is 9.18 Å². The van der Waals surface area contributed by atoms with Crippen molar-refractivity contribution in [3.8, 4) is 0 Å². The van der Waals surface area contributed by atoms with Crippen molar-refractivity contribution >= 4 is 17.9 Å². The molecular weight excluding hydrogens is 303 g/mol. The molecule has 7 heteroatoms. The van der Waals surface area contributed by atoms with E-state index in [1.165, 1.54) is 24.3 Å². The molecule has 3 atom stereocenters. The van der Waals surface area contributed by atoms with Crippen LogP contribution in [-0.2, 0) is 19.9 Å². The van der Waals surface area contributed by atoms with Crippen LogP contribution in [0.1, 0.15) is 32.3 Å². The van der Waals surface area contributed by atoms with Crippen LogP contribution in [0.2, 0.25) is 0 Å². The molecule has 0 unspecified atom stereocenters. The van der Waals surface area contributed by atoms with Gasteiger partial charge in [0.25, 0.3) is 5.91 Å². The smallest absolute Gasteiger partial charge is 0.329 e. The van der Waals surface area contributed by atoms with Crippen LogP contribution in [0.5, 0.6) is 0 Å². The molecular formula is C16H17FN2O4. The van der Waals surface area contributed by atoms with Gasteiger partial charge in [-0.2, -0.15) is 0 Å². The molecule has 0 radical (unpaired) electrons. The second-order valence-electron chi connectivity index (χ2n) is 5.87. The van der Waals surface area contributed by atoms with Crippen molar-refractivity contribution in [3.63, 3.8) is 0 Å². The molecule has 23 heavy (non-hydrogen) atoms. The Labute approximate surface area is 132 Å². The van der Waals surface area contributed by atoms with Gasteiger partial charge >= 0.3 is 12.0 Å². The van der Waals surface area contributed by atoms with E-state index >= 15 is 0 Å². The summed E-state index contributed by atoms with van der Waals surface area (Å²) in [5, 5.41) is 2.67. The number of benzene rings is 1. The van der Waals surface area contributed by atoms with Crippen molar-refractivity contribution in [1.29, 1.82) is 0 Å². The molecule has 2 heterocycles.